The van der Waals surface area contributed by atoms with Crippen LogP contribution in [0.15, 0.2) is 78.4 Å². The molecule has 1 aromatic carbocycles. The number of allylic oxidation sites excluding steroid dienone is 8. The van der Waals surface area contributed by atoms with E-state index in [4.69, 9.17) is 5.73 Å². The van der Waals surface area contributed by atoms with Crippen molar-refractivity contribution in [2.24, 2.45) is 5.92 Å². The van der Waals surface area contributed by atoms with Crippen molar-refractivity contribution in [3.05, 3.63) is 78.4 Å². The highest BCUT2D eigenvalue weighted by atomic mass is 14.5. The van der Waals surface area contributed by atoms with E-state index in [0.29, 0.717) is 5.92 Å². The van der Waals surface area contributed by atoms with E-state index in [-0.39, 0.29) is 0 Å². The number of para-hydroxylation sites is 1. The molecule has 0 fully saturated rings. The van der Waals surface area contributed by atoms with Crippen molar-refractivity contribution in [2.75, 3.05) is 5.73 Å². The Morgan fingerprint density at radius 1 is 1.16 bits per heavy atom. The molecular weight excluding hydrogens is 230 g/mol. The molecule has 0 radical (unpaired) electrons. The molecule has 0 amide bonds. The van der Waals surface area contributed by atoms with Crippen LogP contribution in [0.1, 0.15) is 20.3 Å². The second-order valence-electron chi connectivity index (χ2n) is 4.35. The molecule has 1 atom stereocenters. The summed E-state index contributed by atoms with van der Waals surface area (Å²) in [5.41, 5.74) is 7.59. The first-order valence-electron chi connectivity index (χ1n) is 6.70. The molecule has 19 heavy (non-hydrogen) atoms. The van der Waals surface area contributed by atoms with Gasteiger partial charge in [-0.2, -0.15) is 0 Å². The fourth-order valence-corrected chi connectivity index (χ4v) is 1.91. The Kier molecular flexibility index (Phi) is 7.11. The maximum absolute atomic E-state index is 5.36. The summed E-state index contributed by atoms with van der Waals surface area (Å²) < 4.78 is 0. The van der Waals surface area contributed by atoms with Crippen molar-refractivity contribution in [1.82, 2.24) is 0 Å². The van der Waals surface area contributed by atoms with Gasteiger partial charge < -0.3 is 5.73 Å². The summed E-state index contributed by atoms with van der Waals surface area (Å²) in [6.45, 7) is 4.16. The molecule has 1 aromatic rings. The van der Waals surface area contributed by atoms with Gasteiger partial charge in [-0.15, -0.1) is 0 Å². The summed E-state index contributed by atoms with van der Waals surface area (Å²) in [7, 11) is 0. The molecule has 0 aromatic heterocycles. The number of benzene rings is 1. The molecule has 0 aliphatic heterocycles. The van der Waals surface area contributed by atoms with Gasteiger partial charge in [0.15, 0.2) is 0 Å². The van der Waals surface area contributed by atoms with Crippen LogP contribution in [0.4, 0.5) is 5.69 Å². The third-order valence-electron chi connectivity index (χ3n) is 2.90. The van der Waals surface area contributed by atoms with Crippen LogP contribution >= 0.6 is 0 Å². The molecule has 0 heterocycles. The van der Waals surface area contributed by atoms with Gasteiger partial charge in [-0.05, 0) is 38.0 Å². The van der Waals surface area contributed by atoms with Crippen molar-refractivity contribution in [1.29, 1.82) is 0 Å². The van der Waals surface area contributed by atoms with Gasteiger partial charge in [-0.1, -0.05) is 60.7 Å². The van der Waals surface area contributed by atoms with Gasteiger partial charge in [0.1, 0.15) is 0 Å². The lowest BCUT2D eigenvalue weighted by atomic mass is 9.92. The molecule has 1 heteroatoms. The average Bonchev–Trinajstić information content (AvgIpc) is 2.47. The third-order valence-corrected chi connectivity index (χ3v) is 2.90. The van der Waals surface area contributed by atoms with Gasteiger partial charge in [-0.3, -0.25) is 0 Å². The highest BCUT2D eigenvalue weighted by molar-refractivity contribution is 5.35. The second-order valence-corrected chi connectivity index (χ2v) is 4.35. The Balaban J connectivity index is 0.000000218. The molecular formula is C18H23N. The first-order chi connectivity index (χ1) is 9.27. The molecule has 2 N–H and O–H groups in total. The number of hydrogen-bond donors (Lipinski definition) is 1. The zero-order chi connectivity index (χ0) is 13.9. The number of anilines is 1. The Labute approximate surface area is 116 Å². The predicted octanol–water partition coefficient (Wildman–Crippen LogP) is 4.91. The Morgan fingerprint density at radius 3 is 2.32 bits per heavy atom. The number of rotatable bonds is 2. The fourth-order valence-electron chi connectivity index (χ4n) is 1.91. The zero-order valence-corrected chi connectivity index (χ0v) is 11.8. The average molecular weight is 253 g/mol. The SMILES string of the molecule is C/C=C\C(=C/C)C1C=CC=CC1.Nc1ccccc1. The largest absolute Gasteiger partial charge is 0.399 e. The van der Waals surface area contributed by atoms with Crippen LogP contribution in [0.2, 0.25) is 0 Å². The van der Waals surface area contributed by atoms with E-state index in [0.717, 1.165) is 12.1 Å². The van der Waals surface area contributed by atoms with Crippen LogP contribution in [-0.2, 0) is 0 Å². The van der Waals surface area contributed by atoms with Gasteiger partial charge in [0, 0.05) is 11.6 Å². The molecule has 0 spiro atoms. The topological polar surface area (TPSA) is 26.0 Å². The van der Waals surface area contributed by atoms with E-state index in [9.17, 15) is 0 Å². The molecule has 1 nitrogen and oxygen atoms in total. The number of nitrogen functional groups attached to an aromatic ring is 1. The highest BCUT2D eigenvalue weighted by Gasteiger charge is 2.06. The normalized spacial score (nSPS) is 18.2. The van der Waals surface area contributed by atoms with Crippen LogP contribution in [0, 0.1) is 5.92 Å². The summed E-state index contributed by atoms with van der Waals surface area (Å²) in [4.78, 5) is 0. The minimum Gasteiger partial charge on any atom is -0.399 e. The van der Waals surface area contributed by atoms with Gasteiger partial charge in [0.2, 0.25) is 0 Å². The molecule has 1 aliphatic carbocycles. The van der Waals surface area contributed by atoms with Gasteiger partial charge in [0.05, 0.1) is 0 Å². The smallest absolute Gasteiger partial charge is 0.0313 e. The lowest BCUT2D eigenvalue weighted by Gasteiger charge is -2.13. The van der Waals surface area contributed by atoms with Crippen molar-refractivity contribution in [3.8, 4) is 0 Å². The fraction of sp³-hybridized carbons (Fsp3) is 0.222. The van der Waals surface area contributed by atoms with Crippen molar-refractivity contribution in [2.45, 2.75) is 20.3 Å². The molecule has 1 unspecified atom stereocenters. The van der Waals surface area contributed by atoms with E-state index in [1.54, 1.807) is 0 Å². The first kappa shape index (κ1) is 15.0. The molecule has 0 saturated carbocycles. The maximum Gasteiger partial charge on any atom is 0.0313 e. The standard InChI is InChI=1S/C12H16.C6H7N/c1-3-8-11(4-2)12-9-6-5-7-10-12;7-6-4-2-1-3-5-6/h3-9,12H,10H2,1-2H3;1-5H,7H2/b8-3-,11-4+;. The van der Waals surface area contributed by atoms with E-state index < -0.39 is 0 Å². The van der Waals surface area contributed by atoms with E-state index in [1.165, 1.54) is 5.57 Å². The van der Waals surface area contributed by atoms with Crippen LogP contribution in [-0.4, -0.2) is 0 Å². The van der Waals surface area contributed by atoms with E-state index in [1.807, 2.05) is 30.3 Å². The van der Waals surface area contributed by atoms with Gasteiger partial charge in [-0.25, -0.2) is 0 Å². The monoisotopic (exact) mass is 253 g/mol. The molecule has 2 rings (SSSR count). The Bertz CT molecular complexity index is 464. The lowest BCUT2D eigenvalue weighted by Crippen LogP contribution is -1.99. The van der Waals surface area contributed by atoms with Crippen LogP contribution in [0.3, 0.4) is 0 Å². The molecule has 1 aliphatic rings. The summed E-state index contributed by atoms with van der Waals surface area (Å²) in [6.07, 6.45) is 16.3. The minimum atomic E-state index is 0.594. The van der Waals surface area contributed by atoms with E-state index >= 15 is 0 Å². The van der Waals surface area contributed by atoms with Gasteiger partial charge in [0.25, 0.3) is 0 Å². The quantitative estimate of drug-likeness (QED) is 0.588. The second kappa shape index (κ2) is 8.98. The van der Waals surface area contributed by atoms with Gasteiger partial charge >= 0.3 is 0 Å². The van der Waals surface area contributed by atoms with Crippen molar-refractivity contribution < 1.29 is 0 Å². The van der Waals surface area contributed by atoms with Crippen LogP contribution < -0.4 is 5.73 Å². The first-order valence-corrected chi connectivity index (χ1v) is 6.70. The molecule has 0 bridgehead atoms. The Hall–Kier alpha value is -2.02. The molecule has 0 saturated heterocycles. The third kappa shape index (κ3) is 5.91. The summed E-state index contributed by atoms with van der Waals surface area (Å²) >= 11 is 0. The minimum absolute atomic E-state index is 0.594. The summed E-state index contributed by atoms with van der Waals surface area (Å²) in [5, 5.41) is 0. The maximum atomic E-state index is 5.36. The lowest BCUT2D eigenvalue weighted by molar-refractivity contribution is 0.784. The summed E-state index contributed by atoms with van der Waals surface area (Å²) in [6, 6.07) is 9.49. The number of hydrogen-bond acceptors (Lipinski definition) is 1. The zero-order valence-electron chi connectivity index (χ0n) is 11.8. The number of nitrogens with two attached hydrogens (primary N) is 1. The van der Waals surface area contributed by atoms with Crippen molar-refractivity contribution >= 4 is 5.69 Å². The Morgan fingerprint density at radius 2 is 1.89 bits per heavy atom. The highest BCUT2D eigenvalue weighted by Crippen LogP contribution is 2.21. The van der Waals surface area contributed by atoms with Crippen LogP contribution in [0.5, 0.6) is 0 Å². The summed E-state index contributed by atoms with van der Waals surface area (Å²) in [5.74, 6) is 0.594. The molecule has 100 valence electrons. The van der Waals surface area contributed by atoms with Crippen molar-refractivity contribution in [3.63, 3.8) is 0 Å². The van der Waals surface area contributed by atoms with E-state index in [2.05, 4.69) is 56.4 Å². The predicted molar refractivity (Wildman–Crippen MR) is 85.8 cm³/mol. The van der Waals surface area contributed by atoms with Crippen LogP contribution in [0.25, 0.3) is 0 Å².